The zero-order chi connectivity index (χ0) is 27.6. The molecular formula is C29H43N3O4S. The van der Waals surface area contributed by atoms with Crippen LogP contribution < -0.4 is 9.62 Å². The predicted octanol–water partition coefficient (Wildman–Crippen LogP) is 4.88. The molecule has 0 aliphatic carbocycles. The molecule has 0 fully saturated rings. The van der Waals surface area contributed by atoms with Gasteiger partial charge < -0.3 is 10.2 Å². The molecule has 204 valence electrons. The molecule has 0 spiro atoms. The van der Waals surface area contributed by atoms with Crippen molar-refractivity contribution in [3.8, 4) is 0 Å². The third-order valence-electron chi connectivity index (χ3n) is 6.69. The Morgan fingerprint density at radius 3 is 2.24 bits per heavy atom. The summed E-state index contributed by atoms with van der Waals surface area (Å²) in [7, 11) is -3.53. The van der Waals surface area contributed by atoms with Gasteiger partial charge >= 0.3 is 0 Å². The van der Waals surface area contributed by atoms with Crippen molar-refractivity contribution >= 4 is 27.5 Å². The van der Waals surface area contributed by atoms with Gasteiger partial charge in [0.15, 0.2) is 0 Å². The van der Waals surface area contributed by atoms with Gasteiger partial charge in [0.2, 0.25) is 21.8 Å². The molecule has 0 heterocycles. The van der Waals surface area contributed by atoms with E-state index in [4.69, 9.17) is 0 Å². The van der Waals surface area contributed by atoms with Gasteiger partial charge in [-0.25, -0.2) is 8.42 Å². The molecule has 0 aliphatic heterocycles. The predicted molar refractivity (Wildman–Crippen MR) is 151 cm³/mol. The average Bonchev–Trinajstić information content (AvgIpc) is 2.84. The first-order valence-electron chi connectivity index (χ1n) is 13.2. The Balaban J connectivity index is 2.22. The zero-order valence-corrected chi connectivity index (χ0v) is 24.0. The van der Waals surface area contributed by atoms with E-state index in [1.54, 1.807) is 11.0 Å². The summed E-state index contributed by atoms with van der Waals surface area (Å²) in [4.78, 5) is 28.2. The number of anilines is 1. The average molecular weight is 530 g/mol. The van der Waals surface area contributed by atoms with E-state index in [1.807, 2.05) is 64.1 Å². The maximum atomic E-state index is 13.5. The van der Waals surface area contributed by atoms with E-state index in [9.17, 15) is 18.0 Å². The fourth-order valence-corrected chi connectivity index (χ4v) is 5.32. The van der Waals surface area contributed by atoms with E-state index < -0.39 is 16.1 Å². The van der Waals surface area contributed by atoms with Crippen LogP contribution in [-0.2, 0) is 26.2 Å². The third kappa shape index (κ3) is 8.88. The number of sulfonamides is 1. The highest BCUT2D eigenvalue weighted by Gasteiger charge is 2.29. The molecule has 1 N–H and O–H groups in total. The highest BCUT2D eigenvalue weighted by atomic mass is 32.2. The molecule has 0 unspecified atom stereocenters. The molecule has 37 heavy (non-hydrogen) atoms. The highest BCUT2D eigenvalue weighted by Crippen LogP contribution is 2.25. The van der Waals surface area contributed by atoms with Crippen molar-refractivity contribution < 1.29 is 18.0 Å². The Kier molecular flexibility index (Phi) is 11.6. The van der Waals surface area contributed by atoms with Crippen LogP contribution in [0.4, 0.5) is 5.69 Å². The topological polar surface area (TPSA) is 86.8 Å². The van der Waals surface area contributed by atoms with Crippen LogP contribution in [0.5, 0.6) is 0 Å². The minimum absolute atomic E-state index is 0.140. The summed E-state index contributed by atoms with van der Waals surface area (Å²) in [6, 6.07) is 12.9. The summed E-state index contributed by atoms with van der Waals surface area (Å²) >= 11 is 0. The Labute approximate surface area is 223 Å². The van der Waals surface area contributed by atoms with Crippen molar-refractivity contribution in [1.29, 1.82) is 0 Å². The molecule has 2 aromatic rings. The molecule has 0 saturated heterocycles. The second kappa shape index (κ2) is 14.2. The van der Waals surface area contributed by atoms with Gasteiger partial charge in [-0.3, -0.25) is 13.9 Å². The van der Waals surface area contributed by atoms with Gasteiger partial charge in [0.05, 0.1) is 11.9 Å². The number of carbonyl (C=O) groups is 2. The Hall–Kier alpha value is -2.87. The Morgan fingerprint density at radius 2 is 1.65 bits per heavy atom. The Bertz CT molecular complexity index is 1150. The monoisotopic (exact) mass is 529 g/mol. The van der Waals surface area contributed by atoms with Crippen molar-refractivity contribution in [2.24, 2.45) is 0 Å². The number of nitrogens with zero attached hydrogens (tertiary/aromatic N) is 2. The normalized spacial score (nSPS) is 12.2. The number of amides is 2. The van der Waals surface area contributed by atoms with Crippen molar-refractivity contribution in [3.05, 3.63) is 64.7 Å². The first-order chi connectivity index (χ1) is 17.5. The number of hydrogen-bond donors (Lipinski definition) is 1. The first-order valence-corrected chi connectivity index (χ1v) is 15.0. The van der Waals surface area contributed by atoms with Gasteiger partial charge in [0, 0.05) is 26.1 Å². The number of hydrogen-bond acceptors (Lipinski definition) is 4. The van der Waals surface area contributed by atoms with E-state index >= 15 is 0 Å². The fraction of sp³-hybridized carbons (Fsp3) is 0.517. The van der Waals surface area contributed by atoms with Crippen molar-refractivity contribution in [2.45, 2.75) is 79.3 Å². The molecule has 0 radical (unpaired) electrons. The lowest BCUT2D eigenvalue weighted by molar-refractivity contribution is -0.141. The molecule has 1 atom stereocenters. The number of rotatable bonds is 14. The number of unbranched alkanes of at least 4 members (excludes halogenated alkanes) is 1. The van der Waals surface area contributed by atoms with Crippen LogP contribution in [0, 0.1) is 20.8 Å². The number of nitrogens with one attached hydrogen (secondary N) is 1. The van der Waals surface area contributed by atoms with Crippen molar-refractivity contribution in [2.75, 3.05) is 23.7 Å². The van der Waals surface area contributed by atoms with E-state index in [0.29, 0.717) is 31.6 Å². The maximum Gasteiger partial charge on any atom is 0.242 e. The van der Waals surface area contributed by atoms with Crippen LogP contribution >= 0.6 is 0 Å². The lowest BCUT2D eigenvalue weighted by atomic mass is 10.1. The van der Waals surface area contributed by atoms with Gasteiger partial charge in [-0.2, -0.15) is 0 Å². The largest absolute Gasteiger partial charge is 0.354 e. The Morgan fingerprint density at radius 1 is 0.973 bits per heavy atom. The van der Waals surface area contributed by atoms with Gasteiger partial charge in [-0.1, -0.05) is 62.2 Å². The minimum Gasteiger partial charge on any atom is -0.354 e. The van der Waals surface area contributed by atoms with E-state index in [2.05, 4.69) is 12.2 Å². The van der Waals surface area contributed by atoms with E-state index in [0.717, 1.165) is 35.1 Å². The van der Waals surface area contributed by atoms with Crippen LogP contribution in [0.25, 0.3) is 0 Å². The van der Waals surface area contributed by atoms with Crippen LogP contribution in [0.15, 0.2) is 42.5 Å². The number of benzene rings is 2. The number of aryl methyl sites for hydroxylation is 2. The van der Waals surface area contributed by atoms with Crippen LogP contribution in [0.3, 0.4) is 0 Å². The van der Waals surface area contributed by atoms with Crippen LogP contribution in [-0.4, -0.2) is 50.5 Å². The quantitative estimate of drug-likeness (QED) is 0.353. The highest BCUT2D eigenvalue weighted by molar-refractivity contribution is 7.92. The fourth-order valence-electron chi connectivity index (χ4n) is 4.30. The van der Waals surface area contributed by atoms with Gasteiger partial charge in [0.1, 0.15) is 6.04 Å². The smallest absolute Gasteiger partial charge is 0.242 e. The summed E-state index contributed by atoms with van der Waals surface area (Å²) in [5.74, 6) is -0.308. The summed E-state index contributed by atoms with van der Waals surface area (Å²) in [6.45, 7) is 10.9. The van der Waals surface area contributed by atoms with Crippen molar-refractivity contribution in [1.82, 2.24) is 10.2 Å². The first kappa shape index (κ1) is 30.4. The van der Waals surface area contributed by atoms with E-state index in [1.165, 1.54) is 10.6 Å². The molecule has 0 saturated carbocycles. The molecular weight excluding hydrogens is 486 g/mol. The van der Waals surface area contributed by atoms with Gasteiger partial charge in [-0.05, 0) is 62.8 Å². The molecule has 0 aromatic heterocycles. The molecule has 2 rings (SSSR count). The summed E-state index contributed by atoms with van der Waals surface area (Å²) in [6.07, 6.45) is 4.02. The SMILES string of the molecule is CCCCNC(=O)[C@H](CC)N(Cc1ccc(C)cc1)C(=O)CCCN(c1cccc(C)c1C)S(C)(=O)=O. The van der Waals surface area contributed by atoms with Crippen molar-refractivity contribution in [3.63, 3.8) is 0 Å². The molecule has 0 aliphatic rings. The number of carbonyl (C=O) groups excluding carboxylic acids is 2. The second-order valence-corrected chi connectivity index (χ2v) is 11.6. The zero-order valence-electron chi connectivity index (χ0n) is 23.2. The summed E-state index contributed by atoms with van der Waals surface area (Å²) in [5.41, 5.74) is 4.61. The van der Waals surface area contributed by atoms with Gasteiger partial charge in [-0.15, -0.1) is 0 Å². The maximum absolute atomic E-state index is 13.5. The molecule has 2 aromatic carbocycles. The van der Waals surface area contributed by atoms with E-state index in [-0.39, 0.29) is 24.8 Å². The molecule has 0 bridgehead atoms. The lowest BCUT2D eigenvalue weighted by Crippen LogP contribution is -2.49. The third-order valence-corrected chi connectivity index (χ3v) is 7.87. The summed E-state index contributed by atoms with van der Waals surface area (Å²) < 4.78 is 26.6. The van der Waals surface area contributed by atoms with Crippen LogP contribution in [0.2, 0.25) is 0 Å². The lowest BCUT2D eigenvalue weighted by Gasteiger charge is -2.31. The van der Waals surface area contributed by atoms with Gasteiger partial charge in [0.25, 0.3) is 0 Å². The van der Waals surface area contributed by atoms with Crippen LogP contribution in [0.1, 0.15) is 68.2 Å². The molecule has 2 amide bonds. The minimum atomic E-state index is -3.53. The summed E-state index contributed by atoms with van der Waals surface area (Å²) in [5, 5.41) is 2.97. The molecule has 8 heteroatoms. The standard InChI is InChI=1S/C29H43N3O4S/c1-7-9-19-30-29(34)26(8-2)31(21-25-17-15-22(3)16-18-25)28(33)14-11-20-32(37(6,35)36)27-13-10-12-23(4)24(27)5/h10,12-13,15-18,26H,7-9,11,14,19-21H2,1-6H3,(H,30,34)/t26-/m0/s1. The molecule has 7 nitrogen and oxygen atoms in total. The second-order valence-electron chi connectivity index (χ2n) is 9.73.